The minimum atomic E-state index is -4.61. The fourth-order valence-electron chi connectivity index (χ4n) is 2.40. The highest BCUT2D eigenvalue weighted by Crippen LogP contribution is 2.37. The van der Waals surface area contributed by atoms with Gasteiger partial charge in [-0.2, -0.15) is 26.3 Å². The predicted molar refractivity (Wildman–Crippen MR) is 73.5 cm³/mol. The van der Waals surface area contributed by atoms with Crippen molar-refractivity contribution in [1.82, 2.24) is 0 Å². The Bertz CT molecular complexity index is 675. The van der Waals surface area contributed by atoms with E-state index in [2.05, 4.69) is 0 Å². The summed E-state index contributed by atoms with van der Waals surface area (Å²) in [7, 11) is 0. The molecule has 0 saturated heterocycles. The topological polar surface area (TPSA) is 26.0 Å². The van der Waals surface area contributed by atoms with E-state index in [1.165, 1.54) is 36.4 Å². The Balaban J connectivity index is 2.37. The average Bonchev–Trinajstić information content (AvgIpc) is 2.46. The molecule has 0 aliphatic carbocycles. The highest BCUT2D eigenvalue weighted by molar-refractivity contribution is 5.36. The van der Waals surface area contributed by atoms with Crippen LogP contribution in [0.5, 0.6) is 0 Å². The van der Waals surface area contributed by atoms with E-state index in [9.17, 15) is 26.3 Å². The molecular weight excluding hydrogens is 320 g/mol. The van der Waals surface area contributed by atoms with Gasteiger partial charge in [0.05, 0.1) is 11.1 Å². The van der Waals surface area contributed by atoms with E-state index in [1.807, 2.05) is 0 Å². The second-order valence-electron chi connectivity index (χ2n) is 5.05. The number of hydrogen-bond acceptors (Lipinski definition) is 1. The van der Waals surface area contributed by atoms with Crippen LogP contribution in [0.1, 0.15) is 28.3 Å². The summed E-state index contributed by atoms with van der Waals surface area (Å²) in [5.74, 6) is 0. The van der Waals surface area contributed by atoms with Crippen molar-refractivity contribution in [3.63, 3.8) is 0 Å². The van der Waals surface area contributed by atoms with E-state index in [1.54, 1.807) is 0 Å². The Morgan fingerprint density at radius 1 is 0.739 bits per heavy atom. The van der Waals surface area contributed by atoms with Gasteiger partial charge in [0, 0.05) is 6.04 Å². The van der Waals surface area contributed by atoms with Crippen LogP contribution in [0.25, 0.3) is 0 Å². The van der Waals surface area contributed by atoms with Gasteiger partial charge < -0.3 is 5.73 Å². The molecule has 0 aliphatic heterocycles. The molecule has 2 rings (SSSR count). The first kappa shape index (κ1) is 17.3. The van der Waals surface area contributed by atoms with Gasteiger partial charge in [0.15, 0.2) is 0 Å². The zero-order valence-corrected chi connectivity index (χ0v) is 11.7. The maximum Gasteiger partial charge on any atom is 0.416 e. The van der Waals surface area contributed by atoms with Gasteiger partial charge in [-0.1, -0.05) is 36.4 Å². The zero-order chi connectivity index (χ0) is 17.3. The van der Waals surface area contributed by atoms with Crippen molar-refractivity contribution in [3.05, 3.63) is 70.8 Å². The van der Waals surface area contributed by atoms with E-state index in [-0.39, 0.29) is 17.5 Å². The summed E-state index contributed by atoms with van der Waals surface area (Å²) in [5, 5.41) is 0. The van der Waals surface area contributed by atoms with Crippen molar-refractivity contribution in [2.24, 2.45) is 5.73 Å². The van der Waals surface area contributed by atoms with Crippen LogP contribution >= 0.6 is 0 Å². The van der Waals surface area contributed by atoms with Crippen molar-refractivity contribution in [1.29, 1.82) is 0 Å². The van der Waals surface area contributed by atoms with Crippen molar-refractivity contribution in [2.45, 2.75) is 24.8 Å². The van der Waals surface area contributed by atoms with Crippen molar-refractivity contribution >= 4 is 0 Å². The highest BCUT2D eigenvalue weighted by Gasteiger charge is 2.36. The summed E-state index contributed by atoms with van der Waals surface area (Å²) in [4.78, 5) is 0. The van der Waals surface area contributed by atoms with Gasteiger partial charge in [-0.3, -0.25) is 0 Å². The largest absolute Gasteiger partial charge is 0.416 e. The maximum absolute atomic E-state index is 13.0. The smallest absolute Gasteiger partial charge is 0.324 e. The first-order valence-corrected chi connectivity index (χ1v) is 6.67. The van der Waals surface area contributed by atoms with Gasteiger partial charge in [0.25, 0.3) is 0 Å². The van der Waals surface area contributed by atoms with Gasteiger partial charge in [0.1, 0.15) is 0 Å². The lowest BCUT2D eigenvalue weighted by molar-refractivity contribution is -0.139. The summed E-state index contributed by atoms with van der Waals surface area (Å²) in [6, 6.07) is 8.17. The number of benzene rings is 2. The normalized spacial score (nSPS) is 13.9. The van der Waals surface area contributed by atoms with Gasteiger partial charge in [-0.15, -0.1) is 0 Å². The third-order valence-corrected chi connectivity index (χ3v) is 3.43. The van der Waals surface area contributed by atoms with E-state index < -0.39 is 29.5 Å². The zero-order valence-electron chi connectivity index (χ0n) is 11.7. The summed E-state index contributed by atoms with van der Waals surface area (Å²) in [6.07, 6.45) is -9.54. The Labute approximate surface area is 128 Å². The van der Waals surface area contributed by atoms with Gasteiger partial charge >= 0.3 is 12.4 Å². The standard InChI is InChI=1S/C16H13F6N/c17-15(18,19)12-7-3-1-5-10(12)9-14(23)11-6-2-4-8-13(11)16(20,21)22/h1-8,14H,9,23H2/t14-/m0/s1. The third-order valence-electron chi connectivity index (χ3n) is 3.43. The molecule has 0 heterocycles. The molecule has 0 fully saturated rings. The Kier molecular flexibility index (Phi) is 4.70. The molecule has 0 saturated carbocycles. The summed E-state index contributed by atoms with van der Waals surface area (Å²) >= 11 is 0. The molecule has 1 atom stereocenters. The first-order valence-electron chi connectivity index (χ1n) is 6.67. The molecule has 0 unspecified atom stereocenters. The summed E-state index contributed by atoms with van der Waals surface area (Å²) in [5.41, 5.74) is 3.59. The van der Waals surface area contributed by atoms with Crippen molar-refractivity contribution < 1.29 is 26.3 Å². The number of alkyl halides is 6. The summed E-state index contributed by atoms with van der Waals surface area (Å²) in [6.45, 7) is 0. The van der Waals surface area contributed by atoms with Crippen LogP contribution in [-0.4, -0.2) is 0 Å². The molecule has 124 valence electrons. The molecule has 0 aliphatic rings. The minimum Gasteiger partial charge on any atom is -0.324 e. The molecular formula is C16H13F6N. The second kappa shape index (κ2) is 6.23. The molecule has 0 bridgehead atoms. The molecule has 2 aromatic rings. The molecule has 23 heavy (non-hydrogen) atoms. The van der Waals surface area contributed by atoms with Crippen LogP contribution in [0.15, 0.2) is 48.5 Å². The molecule has 1 nitrogen and oxygen atoms in total. The molecule has 7 heteroatoms. The summed E-state index contributed by atoms with van der Waals surface area (Å²) < 4.78 is 77.8. The molecule has 0 spiro atoms. The molecule has 2 aromatic carbocycles. The lowest BCUT2D eigenvalue weighted by atomic mass is 9.93. The predicted octanol–water partition coefficient (Wildman–Crippen LogP) is 4.97. The first-order chi connectivity index (χ1) is 10.6. The average molecular weight is 333 g/mol. The quantitative estimate of drug-likeness (QED) is 0.789. The van der Waals surface area contributed by atoms with Gasteiger partial charge in [0.2, 0.25) is 0 Å². The van der Waals surface area contributed by atoms with Crippen molar-refractivity contribution in [2.75, 3.05) is 0 Å². The molecule has 2 N–H and O–H groups in total. The Morgan fingerprint density at radius 2 is 1.22 bits per heavy atom. The molecule has 0 amide bonds. The van der Waals surface area contributed by atoms with Crippen LogP contribution in [0.4, 0.5) is 26.3 Å². The lowest BCUT2D eigenvalue weighted by Crippen LogP contribution is -2.21. The van der Waals surface area contributed by atoms with E-state index >= 15 is 0 Å². The highest BCUT2D eigenvalue weighted by atomic mass is 19.4. The van der Waals surface area contributed by atoms with Gasteiger partial charge in [-0.05, 0) is 29.7 Å². The molecule has 0 radical (unpaired) electrons. The Hall–Kier alpha value is -2.02. The number of rotatable bonds is 3. The third kappa shape index (κ3) is 4.04. The van der Waals surface area contributed by atoms with Crippen LogP contribution < -0.4 is 5.73 Å². The van der Waals surface area contributed by atoms with Gasteiger partial charge in [-0.25, -0.2) is 0 Å². The number of hydrogen-bond donors (Lipinski definition) is 1. The number of halogens is 6. The number of nitrogens with two attached hydrogens (primary N) is 1. The van der Waals surface area contributed by atoms with E-state index in [0.717, 1.165) is 12.1 Å². The van der Waals surface area contributed by atoms with Crippen LogP contribution in [0, 0.1) is 0 Å². The molecule has 0 aromatic heterocycles. The lowest BCUT2D eigenvalue weighted by Gasteiger charge is -2.20. The van der Waals surface area contributed by atoms with Crippen LogP contribution in [-0.2, 0) is 18.8 Å². The van der Waals surface area contributed by atoms with Crippen LogP contribution in [0.2, 0.25) is 0 Å². The van der Waals surface area contributed by atoms with Crippen LogP contribution in [0.3, 0.4) is 0 Å². The Morgan fingerprint density at radius 3 is 1.78 bits per heavy atom. The van der Waals surface area contributed by atoms with Crippen molar-refractivity contribution in [3.8, 4) is 0 Å². The second-order valence-corrected chi connectivity index (χ2v) is 5.05. The minimum absolute atomic E-state index is 0.135. The maximum atomic E-state index is 13.0. The fraction of sp³-hybridized carbons (Fsp3) is 0.250. The fourth-order valence-corrected chi connectivity index (χ4v) is 2.40. The monoisotopic (exact) mass is 333 g/mol. The SMILES string of the molecule is N[C@@H](Cc1ccccc1C(F)(F)F)c1ccccc1C(F)(F)F. The van der Waals surface area contributed by atoms with E-state index in [4.69, 9.17) is 5.73 Å². The van der Waals surface area contributed by atoms with E-state index in [0.29, 0.717) is 0 Å².